The van der Waals surface area contributed by atoms with E-state index in [4.69, 9.17) is 9.47 Å². The Balaban J connectivity index is 3.60. The van der Waals surface area contributed by atoms with Crippen LogP contribution in [0.5, 0.6) is 0 Å². The van der Waals surface area contributed by atoms with Crippen molar-refractivity contribution < 1.29 is 19.1 Å². The second-order valence-electron chi connectivity index (χ2n) is 11.1. The second kappa shape index (κ2) is 16.5. The lowest BCUT2D eigenvalue weighted by Gasteiger charge is -2.30. The summed E-state index contributed by atoms with van der Waals surface area (Å²) in [6.45, 7) is 19.1. The van der Waals surface area contributed by atoms with Gasteiger partial charge in [0.25, 0.3) is 0 Å². The van der Waals surface area contributed by atoms with Gasteiger partial charge in [0, 0.05) is 12.8 Å². The van der Waals surface area contributed by atoms with Crippen LogP contribution in [0.2, 0.25) is 0 Å². The van der Waals surface area contributed by atoms with Crippen molar-refractivity contribution in [2.75, 3.05) is 13.2 Å². The van der Waals surface area contributed by atoms with Crippen LogP contribution in [-0.2, 0) is 19.1 Å². The topological polar surface area (TPSA) is 52.6 Å². The minimum absolute atomic E-state index is 0.0640. The van der Waals surface area contributed by atoms with E-state index in [1.165, 1.54) is 0 Å². The zero-order valence-corrected chi connectivity index (χ0v) is 22.7. The van der Waals surface area contributed by atoms with Crippen molar-refractivity contribution in [3.8, 4) is 0 Å². The molecule has 0 aromatic carbocycles. The number of hydrogen-bond donors (Lipinski definition) is 0. The molecule has 0 aliphatic rings. The molecule has 0 fully saturated rings. The number of unbranched alkanes of at least 4 members (excludes halogenated alkanes) is 5. The van der Waals surface area contributed by atoms with E-state index in [0.29, 0.717) is 48.7 Å². The third-order valence-corrected chi connectivity index (χ3v) is 8.13. The summed E-state index contributed by atoms with van der Waals surface area (Å²) in [6.07, 6.45) is 11.3. The quantitative estimate of drug-likeness (QED) is 0.146. The molecule has 0 spiro atoms. The molecule has 0 bridgehead atoms. The Morgan fingerprint density at radius 1 is 0.625 bits per heavy atom. The minimum atomic E-state index is -0.0640. The smallest absolute Gasteiger partial charge is 0.305 e. The fraction of sp³-hybridized carbons (Fsp3) is 0.929. The number of esters is 2. The molecule has 4 nitrogen and oxygen atoms in total. The summed E-state index contributed by atoms with van der Waals surface area (Å²) in [5.74, 6) is 0.973. The van der Waals surface area contributed by atoms with Crippen molar-refractivity contribution in [1.82, 2.24) is 0 Å². The fourth-order valence-electron chi connectivity index (χ4n) is 3.57. The van der Waals surface area contributed by atoms with E-state index in [0.717, 1.165) is 64.2 Å². The molecule has 0 aliphatic heterocycles. The summed E-state index contributed by atoms with van der Waals surface area (Å²) in [6, 6.07) is 0. The highest BCUT2D eigenvalue weighted by molar-refractivity contribution is 5.69. The third kappa shape index (κ3) is 14.2. The standard InChI is InChI=1S/C28H54O4/c1-9-27(5,6)23(3)19-21-31-25(29)17-15-13-11-12-14-16-18-26(30)32-22-20-24(4)28(7,8)10-2/h23-24H,9-22H2,1-8H3. The maximum atomic E-state index is 11.9. The number of ether oxygens (including phenoxy) is 2. The summed E-state index contributed by atoms with van der Waals surface area (Å²) in [7, 11) is 0. The van der Waals surface area contributed by atoms with Gasteiger partial charge in [-0.25, -0.2) is 0 Å². The first kappa shape index (κ1) is 30.9. The van der Waals surface area contributed by atoms with E-state index >= 15 is 0 Å². The highest BCUT2D eigenvalue weighted by Gasteiger charge is 2.24. The summed E-state index contributed by atoms with van der Waals surface area (Å²) in [5.41, 5.74) is 0.598. The molecule has 190 valence electrons. The molecule has 0 amide bonds. The van der Waals surface area contributed by atoms with Crippen molar-refractivity contribution in [3.05, 3.63) is 0 Å². The lowest BCUT2D eigenvalue weighted by Crippen LogP contribution is -2.22. The van der Waals surface area contributed by atoms with Gasteiger partial charge in [-0.1, -0.05) is 93.9 Å². The molecule has 4 heteroatoms. The van der Waals surface area contributed by atoms with Crippen molar-refractivity contribution in [2.45, 2.75) is 132 Å². The van der Waals surface area contributed by atoms with Gasteiger partial charge in [0.15, 0.2) is 0 Å². The van der Waals surface area contributed by atoms with Crippen LogP contribution >= 0.6 is 0 Å². The molecule has 0 saturated carbocycles. The van der Waals surface area contributed by atoms with Crippen LogP contribution in [0.4, 0.5) is 0 Å². The molecule has 0 saturated heterocycles. The summed E-state index contributed by atoms with van der Waals surface area (Å²) < 4.78 is 10.8. The predicted molar refractivity (Wildman–Crippen MR) is 135 cm³/mol. The molecular formula is C28H54O4. The van der Waals surface area contributed by atoms with E-state index in [2.05, 4.69) is 55.4 Å². The van der Waals surface area contributed by atoms with E-state index in [9.17, 15) is 9.59 Å². The molecule has 32 heavy (non-hydrogen) atoms. The molecule has 0 aliphatic carbocycles. The highest BCUT2D eigenvalue weighted by atomic mass is 16.5. The molecule has 0 heterocycles. The van der Waals surface area contributed by atoms with Gasteiger partial charge in [0.1, 0.15) is 0 Å². The molecular weight excluding hydrogens is 400 g/mol. The number of carbonyl (C=O) groups is 2. The van der Waals surface area contributed by atoms with Crippen molar-refractivity contribution >= 4 is 11.9 Å². The van der Waals surface area contributed by atoms with Gasteiger partial charge in [0.05, 0.1) is 13.2 Å². The van der Waals surface area contributed by atoms with Crippen molar-refractivity contribution in [3.63, 3.8) is 0 Å². The zero-order chi connectivity index (χ0) is 24.6. The number of rotatable bonds is 19. The monoisotopic (exact) mass is 454 g/mol. The Morgan fingerprint density at radius 3 is 1.25 bits per heavy atom. The van der Waals surface area contributed by atoms with Crippen LogP contribution in [0.1, 0.15) is 132 Å². The normalized spacial score (nSPS) is 14.1. The summed E-state index contributed by atoms with van der Waals surface area (Å²) in [5, 5.41) is 0. The average molecular weight is 455 g/mol. The summed E-state index contributed by atoms with van der Waals surface area (Å²) >= 11 is 0. The Labute approximate surface area is 199 Å². The lowest BCUT2D eigenvalue weighted by atomic mass is 9.76. The summed E-state index contributed by atoms with van der Waals surface area (Å²) in [4.78, 5) is 23.8. The van der Waals surface area contributed by atoms with Crippen LogP contribution in [-0.4, -0.2) is 25.2 Å². The average Bonchev–Trinajstić information content (AvgIpc) is 2.75. The maximum Gasteiger partial charge on any atom is 0.305 e. The Kier molecular flexibility index (Phi) is 16.0. The largest absolute Gasteiger partial charge is 0.466 e. The van der Waals surface area contributed by atoms with Gasteiger partial charge in [-0.15, -0.1) is 0 Å². The van der Waals surface area contributed by atoms with Gasteiger partial charge >= 0.3 is 11.9 Å². The molecule has 0 aromatic heterocycles. The Hall–Kier alpha value is -1.06. The maximum absolute atomic E-state index is 11.9. The first-order valence-electron chi connectivity index (χ1n) is 13.3. The second-order valence-corrected chi connectivity index (χ2v) is 11.1. The van der Waals surface area contributed by atoms with Crippen LogP contribution in [0.3, 0.4) is 0 Å². The van der Waals surface area contributed by atoms with E-state index in [1.807, 2.05) is 0 Å². The van der Waals surface area contributed by atoms with Gasteiger partial charge in [0.2, 0.25) is 0 Å². The lowest BCUT2D eigenvalue weighted by molar-refractivity contribution is -0.145. The highest BCUT2D eigenvalue weighted by Crippen LogP contribution is 2.33. The zero-order valence-electron chi connectivity index (χ0n) is 22.7. The van der Waals surface area contributed by atoms with E-state index in [1.54, 1.807) is 0 Å². The molecule has 2 unspecified atom stereocenters. The van der Waals surface area contributed by atoms with Gasteiger partial charge in [-0.3, -0.25) is 9.59 Å². The third-order valence-electron chi connectivity index (χ3n) is 8.13. The predicted octanol–water partition coefficient (Wildman–Crippen LogP) is 8.12. The number of carbonyl (C=O) groups excluding carboxylic acids is 2. The van der Waals surface area contributed by atoms with Crippen LogP contribution in [0.15, 0.2) is 0 Å². The minimum Gasteiger partial charge on any atom is -0.466 e. The van der Waals surface area contributed by atoms with Gasteiger partial charge in [-0.05, 0) is 48.3 Å². The van der Waals surface area contributed by atoms with Crippen LogP contribution < -0.4 is 0 Å². The molecule has 0 N–H and O–H groups in total. The van der Waals surface area contributed by atoms with E-state index < -0.39 is 0 Å². The SMILES string of the molecule is CCC(C)(C)C(C)CCOC(=O)CCCCCCCCC(=O)OCCC(C)C(C)(C)CC. The first-order chi connectivity index (χ1) is 15.0. The van der Waals surface area contributed by atoms with Crippen LogP contribution in [0, 0.1) is 22.7 Å². The fourth-order valence-corrected chi connectivity index (χ4v) is 3.57. The first-order valence-corrected chi connectivity index (χ1v) is 13.3. The van der Waals surface area contributed by atoms with Gasteiger partial charge < -0.3 is 9.47 Å². The van der Waals surface area contributed by atoms with Crippen LogP contribution in [0.25, 0.3) is 0 Å². The Morgan fingerprint density at radius 2 is 0.938 bits per heavy atom. The van der Waals surface area contributed by atoms with E-state index in [-0.39, 0.29) is 11.9 Å². The molecule has 0 aromatic rings. The van der Waals surface area contributed by atoms with Crippen molar-refractivity contribution in [1.29, 1.82) is 0 Å². The molecule has 0 rings (SSSR count). The molecule has 0 radical (unpaired) electrons. The van der Waals surface area contributed by atoms with Gasteiger partial charge in [-0.2, -0.15) is 0 Å². The number of hydrogen-bond acceptors (Lipinski definition) is 4. The van der Waals surface area contributed by atoms with Crippen molar-refractivity contribution in [2.24, 2.45) is 22.7 Å². The molecule has 2 atom stereocenters. The Bertz CT molecular complexity index is 464.